The molecule has 0 aliphatic rings. The van der Waals surface area contributed by atoms with E-state index in [1.165, 1.54) is 30.5 Å². The number of nitrogens with zero attached hydrogens (tertiary/aromatic N) is 2. The van der Waals surface area contributed by atoms with Gasteiger partial charge in [0.2, 0.25) is 0 Å². The zero-order chi connectivity index (χ0) is 15.2. The molecule has 0 aliphatic carbocycles. The lowest BCUT2D eigenvalue weighted by atomic mass is 9.95. The van der Waals surface area contributed by atoms with Crippen LogP contribution in [0.5, 0.6) is 0 Å². The lowest BCUT2D eigenvalue weighted by Gasteiger charge is -2.08. The van der Waals surface area contributed by atoms with E-state index >= 15 is 0 Å². The van der Waals surface area contributed by atoms with Crippen molar-refractivity contribution in [2.75, 3.05) is 0 Å². The van der Waals surface area contributed by atoms with E-state index in [1.807, 2.05) is 6.07 Å². The van der Waals surface area contributed by atoms with E-state index in [0.29, 0.717) is 27.9 Å². The van der Waals surface area contributed by atoms with Gasteiger partial charge in [-0.25, -0.2) is 0 Å². The molecule has 0 spiro atoms. The first-order valence-corrected chi connectivity index (χ1v) is 6.89. The summed E-state index contributed by atoms with van der Waals surface area (Å²) >= 11 is 0.407. The molecule has 0 amide bonds. The highest BCUT2D eigenvalue weighted by Crippen LogP contribution is 2.26. The number of carbonyl (C=O) groups is 1. The summed E-state index contributed by atoms with van der Waals surface area (Å²) in [5.74, 6) is -3.91. The molecule has 2 rings (SSSR count). The number of Topliss-reactive ketones (excluding diaryl/α,β-unsaturated/α-hetero) is 1. The van der Waals surface area contributed by atoms with Gasteiger partial charge in [0, 0.05) is 16.7 Å². The highest BCUT2D eigenvalue weighted by atomic mass is 32.2. The summed E-state index contributed by atoms with van der Waals surface area (Å²) in [5.41, 5.74) is 0.668. The molecule has 0 N–H and O–H groups in total. The third-order valence-electron chi connectivity index (χ3n) is 2.74. The first-order chi connectivity index (χ1) is 10.1. The maximum atomic E-state index is 12.3. The number of alkyl halides is 2. The fourth-order valence-corrected chi connectivity index (χ4v) is 2.27. The monoisotopic (exact) mass is 304 g/mol. The highest BCUT2D eigenvalue weighted by molar-refractivity contribution is 7.99. The smallest absolute Gasteiger partial charge is 0.288 e. The van der Waals surface area contributed by atoms with Gasteiger partial charge in [0.25, 0.3) is 5.76 Å². The van der Waals surface area contributed by atoms with Crippen LogP contribution in [-0.4, -0.2) is 16.5 Å². The Kier molecular flexibility index (Phi) is 5.01. The van der Waals surface area contributed by atoms with Crippen LogP contribution in [0, 0.1) is 11.3 Å². The van der Waals surface area contributed by atoms with Crippen molar-refractivity contribution in [1.29, 1.82) is 5.26 Å². The molecule has 1 aromatic carbocycles. The Morgan fingerprint density at radius 3 is 2.43 bits per heavy atom. The number of ketones is 1. The second kappa shape index (κ2) is 6.95. The van der Waals surface area contributed by atoms with Crippen LogP contribution in [0.15, 0.2) is 53.6 Å². The van der Waals surface area contributed by atoms with Crippen LogP contribution in [0.4, 0.5) is 8.78 Å². The normalized spacial score (nSPS) is 11.9. The summed E-state index contributed by atoms with van der Waals surface area (Å²) < 4.78 is 24.5. The van der Waals surface area contributed by atoms with Gasteiger partial charge in [-0.1, -0.05) is 30.0 Å². The summed E-state index contributed by atoms with van der Waals surface area (Å²) in [5, 5.41) is 9.17. The number of nitriles is 1. The van der Waals surface area contributed by atoms with Crippen molar-refractivity contribution in [3.63, 3.8) is 0 Å². The molecule has 0 fully saturated rings. The number of hydrogen-bond acceptors (Lipinski definition) is 4. The van der Waals surface area contributed by atoms with Crippen LogP contribution in [0.2, 0.25) is 0 Å². The summed E-state index contributed by atoms with van der Waals surface area (Å²) in [6.45, 7) is 0. The van der Waals surface area contributed by atoms with Crippen LogP contribution >= 0.6 is 11.8 Å². The van der Waals surface area contributed by atoms with Crippen molar-refractivity contribution in [2.24, 2.45) is 0 Å². The standard InChI is InChI=1S/C15H10F2N2OS/c16-15(17)21-11-6-4-10(5-7-11)14(20)12(9-18)13-3-1-2-8-19-13/h1-8,12,15H. The Morgan fingerprint density at radius 1 is 1.19 bits per heavy atom. The van der Waals surface area contributed by atoms with Gasteiger partial charge >= 0.3 is 0 Å². The molecular formula is C15H10F2N2OS. The second-order valence-corrected chi connectivity index (χ2v) is 5.15. The fourth-order valence-electron chi connectivity index (χ4n) is 1.77. The number of pyridine rings is 1. The summed E-state index contributed by atoms with van der Waals surface area (Å²) in [6, 6.07) is 12.7. The van der Waals surface area contributed by atoms with E-state index in [-0.39, 0.29) is 0 Å². The zero-order valence-corrected chi connectivity index (χ0v) is 11.6. The molecule has 0 bridgehead atoms. The van der Waals surface area contributed by atoms with E-state index in [9.17, 15) is 18.8 Å². The fraction of sp³-hybridized carbons (Fsp3) is 0.133. The molecule has 106 valence electrons. The minimum atomic E-state index is -2.51. The average molecular weight is 304 g/mol. The highest BCUT2D eigenvalue weighted by Gasteiger charge is 2.22. The van der Waals surface area contributed by atoms with Gasteiger partial charge < -0.3 is 0 Å². The van der Waals surface area contributed by atoms with E-state index in [2.05, 4.69) is 4.98 Å². The molecule has 2 aromatic rings. The Bertz CT molecular complexity index is 654. The Hall–Kier alpha value is -2.26. The van der Waals surface area contributed by atoms with Gasteiger partial charge in [-0.3, -0.25) is 9.78 Å². The summed E-state index contributed by atoms with van der Waals surface area (Å²) in [6.07, 6.45) is 1.51. The van der Waals surface area contributed by atoms with Gasteiger partial charge in [0.05, 0.1) is 11.8 Å². The topological polar surface area (TPSA) is 53.8 Å². The molecule has 1 aromatic heterocycles. The van der Waals surface area contributed by atoms with Crippen molar-refractivity contribution in [3.8, 4) is 6.07 Å². The van der Waals surface area contributed by atoms with E-state index < -0.39 is 17.5 Å². The quantitative estimate of drug-likeness (QED) is 0.621. The molecule has 1 unspecified atom stereocenters. The maximum absolute atomic E-state index is 12.3. The van der Waals surface area contributed by atoms with Crippen molar-refractivity contribution >= 4 is 17.5 Å². The van der Waals surface area contributed by atoms with E-state index in [4.69, 9.17) is 0 Å². The molecule has 0 radical (unpaired) electrons. The van der Waals surface area contributed by atoms with Crippen LogP contribution in [0.1, 0.15) is 22.0 Å². The molecule has 1 heterocycles. The van der Waals surface area contributed by atoms with Crippen molar-refractivity contribution in [3.05, 3.63) is 59.9 Å². The molecular weight excluding hydrogens is 294 g/mol. The lowest BCUT2D eigenvalue weighted by molar-refractivity contribution is 0.0977. The number of halogens is 2. The third-order valence-corrected chi connectivity index (χ3v) is 3.46. The first kappa shape index (κ1) is 15.1. The average Bonchev–Trinajstić information content (AvgIpc) is 2.49. The first-order valence-electron chi connectivity index (χ1n) is 6.01. The van der Waals surface area contributed by atoms with Crippen molar-refractivity contribution in [1.82, 2.24) is 4.98 Å². The van der Waals surface area contributed by atoms with Crippen LogP contribution in [0.3, 0.4) is 0 Å². The second-order valence-electron chi connectivity index (χ2n) is 4.08. The van der Waals surface area contributed by atoms with Crippen molar-refractivity contribution < 1.29 is 13.6 Å². The molecule has 3 nitrogen and oxygen atoms in total. The van der Waals surface area contributed by atoms with Crippen LogP contribution in [0.25, 0.3) is 0 Å². The molecule has 1 atom stereocenters. The number of benzene rings is 1. The van der Waals surface area contributed by atoms with Gasteiger partial charge in [0.1, 0.15) is 0 Å². The Labute approximate surface area is 124 Å². The molecule has 0 aliphatic heterocycles. The van der Waals surface area contributed by atoms with Crippen LogP contribution < -0.4 is 0 Å². The summed E-state index contributed by atoms with van der Waals surface area (Å²) in [7, 11) is 0. The number of thioether (sulfide) groups is 1. The third kappa shape index (κ3) is 3.86. The van der Waals surface area contributed by atoms with Crippen molar-refractivity contribution in [2.45, 2.75) is 16.6 Å². The van der Waals surface area contributed by atoms with Gasteiger partial charge in [0.15, 0.2) is 11.7 Å². The number of rotatable bonds is 5. The SMILES string of the molecule is N#CC(C(=O)c1ccc(SC(F)F)cc1)c1ccccn1. The molecule has 6 heteroatoms. The summed E-state index contributed by atoms with van der Waals surface area (Å²) in [4.78, 5) is 16.7. The Morgan fingerprint density at radius 2 is 1.90 bits per heavy atom. The van der Waals surface area contributed by atoms with Crippen LogP contribution in [-0.2, 0) is 0 Å². The largest absolute Gasteiger partial charge is 0.292 e. The van der Waals surface area contributed by atoms with E-state index in [0.717, 1.165) is 0 Å². The minimum Gasteiger partial charge on any atom is -0.292 e. The number of hydrogen-bond donors (Lipinski definition) is 0. The van der Waals surface area contributed by atoms with Gasteiger partial charge in [-0.2, -0.15) is 14.0 Å². The predicted octanol–water partition coefficient (Wildman–Crippen LogP) is 3.89. The predicted molar refractivity (Wildman–Crippen MR) is 75.2 cm³/mol. The maximum Gasteiger partial charge on any atom is 0.288 e. The molecule has 0 saturated heterocycles. The van der Waals surface area contributed by atoms with E-state index in [1.54, 1.807) is 18.2 Å². The number of carbonyl (C=O) groups excluding carboxylic acids is 1. The van der Waals surface area contributed by atoms with Gasteiger partial charge in [-0.15, -0.1) is 0 Å². The molecule has 21 heavy (non-hydrogen) atoms. The Balaban J connectivity index is 2.21. The molecule has 0 saturated carbocycles. The lowest BCUT2D eigenvalue weighted by Crippen LogP contribution is -2.12. The van der Waals surface area contributed by atoms with Gasteiger partial charge in [-0.05, 0) is 24.3 Å². The zero-order valence-electron chi connectivity index (χ0n) is 10.7. The number of aromatic nitrogens is 1. The minimum absolute atomic E-state index is 0.297.